The van der Waals surface area contributed by atoms with Crippen molar-refractivity contribution < 1.29 is 0 Å². The normalized spacial score (nSPS) is 14.2. The Morgan fingerprint density at radius 2 is 1.42 bits per heavy atom. The van der Waals surface area contributed by atoms with Gasteiger partial charge in [0.05, 0.1) is 5.69 Å². The van der Waals surface area contributed by atoms with Crippen LogP contribution in [0.25, 0.3) is 0 Å². The fraction of sp³-hybridized carbons (Fsp3) is 0.306. The van der Waals surface area contributed by atoms with Crippen molar-refractivity contribution in [2.75, 3.05) is 0 Å². The molecule has 0 aromatic heterocycles. The molecule has 2 heteroatoms. The first kappa shape index (κ1) is 28.3. The van der Waals surface area contributed by atoms with E-state index in [-0.39, 0.29) is 5.41 Å². The van der Waals surface area contributed by atoms with Gasteiger partial charge in [0, 0.05) is 20.6 Å². The Morgan fingerprint density at radius 3 is 2.05 bits per heavy atom. The SMILES string of the molecule is CCC(I)CCc1ccc(C(C)(c2ccc(C)cc2)c2ccccc2/C(C)=N/c2ccc(C)cc2C)cc1. The molecule has 4 aromatic rings. The molecule has 38 heavy (non-hydrogen) atoms. The molecule has 0 fully saturated rings. The van der Waals surface area contributed by atoms with Crippen molar-refractivity contribution in [3.8, 4) is 0 Å². The molecule has 196 valence electrons. The maximum absolute atomic E-state index is 5.12. The van der Waals surface area contributed by atoms with Gasteiger partial charge in [-0.15, -0.1) is 0 Å². The zero-order chi connectivity index (χ0) is 27.3. The fourth-order valence-electron chi connectivity index (χ4n) is 5.30. The van der Waals surface area contributed by atoms with Crippen molar-refractivity contribution in [2.24, 2.45) is 4.99 Å². The molecule has 2 unspecified atom stereocenters. The van der Waals surface area contributed by atoms with Gasteiger partial charge in [-0.25, -0.2) is 0 Å². The van der Waals surface area contributed by atoms with Gasteiger partial charge in [-0.05, 0) is 87.8 Å². The fourth-order valence-corrected chi connectivity index (χ4v) is 5.61. The molecule has 0 aliphatic carbocycles. The van der Waals surface area contributed by atoms with Gasteiger partial charge >= 0.3 is 0 Å². The van der Waals surface area contributed by atoms with Crippen LogP contribution in [0.5, 0.6) is 0 Å². The maximum atomic E-state index is 5.12. The average molecular weight is 614 g/mol. The highest BCUT2D eigenvalue weighted by molar-refractivity contribution is 14.1. The molecule has 0 amide bonds. The van der Waals surface area contributed by atoms with Crippen LogP contribution < -0.4 is 0 Å². The summed E-state index contributed by atoms with van der Waals surface area (Å²) in [7, 11) is 0. The second-order valence-corrected chi connectivity index (χ2v) is 12.5. The predicted molar refractivity (Wildman–Crippen MR) is 174 cm³/mol. The van der Waals surface area contributed by atoms with Crippen molar-refractivity contribution in [3.05, 3.63) is 136 Å². The summed E-state index contributed by atoms with van der Waals surface area (Å²) < 4.78 is 0.733. The minimum absolute atomic E-state index is 0.322. The first-order chi connectivity index (χ1) is 18.2. The van der Waals surface area contributed by atoms with Gasteiger partial charge in [0.1, 0.15) is 0 Å². The molecule has 4 aromatic carbocycles. The largest absolute Gasteiger partial charge is 0.253 e. The van der Waals surface area contributed by atoms with Crippen molar-refractivity contribution in [2.45, 2.75) is 70.1 Å². The maximum Gasteiger partial charge on any atom is 0.0662 e. The molecule has 4 rings (SSSR count). The minimum atomic E-state index is -0.322. The molecule has 0 heterocycles. The highest BCUT2D eigenvalue weighted by Gasteiger charge is 2.33. The Balaban J connectivity index is 1.83. The van der Waals surface area contributed by atoms with Crippen LogP contribution in [0, 0.1) is 20.8 Å². The van der Waals surface area contributed by atoms with Crippen LogP contribution in [0.2, 0.25) is 0 Å². The van der Waals surface area contributed by atoms with Crippen LogP contribution in [0.15, 0.2) is 96.0 Å². The third-order valence-electron chi connectivity index (χ3n) is 7.85. The lowest BCUT2D eigenvalue weighted by Crippen LogP contribution is -2.27. The van der Waals surface area contributed by atoms with Gasteiger partial charge in [0.25, 0.3) is 0 Å². The quantitative estimate of drug-likeness (QED) is 0.0771. The first-order valence-electron chi connectivity index (χ1n) is 13.8. The summed E-state index contributed by atoms with van der Waals surface area (Å²) >= 11 is 2.58. The van der Waals surface area contributed by atoms with Crippen LogP contribution in [-0.4, -0.2) is 9.64 Å². The summed E-state index contributed by atoms with van der Waals surface area (Å²) in [6, 6.07) is 33.7. The van der Waals surface area contributed by atoms with Crippen LogP contribution >= 0.6 is 22.6 Å². The molecule has 0 saturated heterocycles. The number of nitrogens with zero attached hydrogens (tertiary/aromatic N) is 1. The van der Waals surface area contributed by atoms with Gasteiger partial charge in [0.15, 0.2) is 0 Å². The molecule has 2 atom stereocenters. The number of halogens is 1. The molecule has 1 nitrogen and oxygen atoms in total. The number of hydrogen-bond acceptors (Lipinski definition) is 1. The molecular formula is C36H40IN. The van der Waals surface area contributed by atoms with Crippen molar-refractivity contribution >= 4 is 34.0 Å². The summed E-state index contributed by atoms with van der Waals surface area (Å²) in [6.07, 6.45) is 3.58. The number of aliphatic imine (C=N–C) groups is 1. The monoisotopic (exact) mass is 613 g/mol. The van der Waals surface area contributed by atoms with Gasteiger partial charge in [-0.3, -0.25) is 4.99 Å². The molecule has 0 radical (unpaired) electrons. The van der Waals surface area contributed by atoms with E-state index >= 15 is 0 Å². The number of alkyl halides is 1. The summed E-state index contributed by atoms with van der Waals surface area (Å²) in [5, 5.41) is 0. The Hall–Kier alpha value is -2.72. The zero-order valence-corrected chi connectivity index (χ0v) is 25.8. The van der Waals surface area contributed by atoms with Crippen LogP contribution in [0.4, 0.5) is 5.69 Å². The third kappa shape index (κ3) is 6.29. The van der Waals surface area contributed by atoms with Gasteiger partial charge in [-0.1, -0.05) is 126 Å². The summed E-state index contributed by atoms with van der Waals surface area (Å²) in [6.45, 7) is 13.2. The molecule has 0 bridgehead atoms. The summed E-state index contributed by atoms with van der Waals surface area (Å²) in [5.41, 5.74) is 12.0. The van der Waals surface area contributed by atoms with Gasteiger partial charge in [-0.2, -0.15) is 0 Å². The Bertz CT molecular complexity index is 1400. The van der Waals surface area contributed by atoms with E-state index in [1.165, 1.54) is 57.3 Å². The smallest absolute Gasteiger partial charge is 0.0662 e. The number of rotatable bonds is 9. The summed E-state index contributed by atoms with van der Waals surface area (Å²) in [4.78, 5) is 5.12. The van der Waals surface area contributed by atoms with Crippen molar-refractivity contribution in [3.63, 3.8) is 0 Å². The Kier molecular flexibility index (Phi) is 9.25. The molecule has 0 aliphatic heterocycles. The lowest BCUT2D eigenvalue weighted by atomic mass is 9.69. The zero-order valence-electron chi connectivity index (χ0n) is 23.7. The van der Waals surface area contributed by atoms with Crippen LogP contribution in [0.1, 0.15) is 78.1 Å². The second-order valence-electron chi connectivity index (χ2n) is 10.8. The van der Waals surface area contributed by atoms with Crippen LogP contribution in [0.3, 0.4) is 0 Å². The highest BCUT2D eigenvalue weighted by Crippen LogP contribution is 2.41. The molecule has 0 aliphatic rings. The summed E-state index contributed by atoms with van der Waals surface area (Å²) in [5.74, 6) is 0. The van der Waals surface area contributed by atoms with E-state index in [9.17, 15) is 0 Å². The standard InChI is InChI=1S/C36H40IN/c1-7-32(37)22-17-29-15-20-31(21-16-29)36(6,30-18-12-25(2)13-19-30)34-11-9-8-10-33(34)28(5)38-35-23-14-26(3)24-27(35)4/h8-16,18-21,23-24,32H,7,17,22H2,1-6H3/b38-28+. The topological polar surface area (TPSA) is 12.4 Å². The van der Waals surface area contributed by atoms with E-state index in [1.54, 1.807) is 0 Å². The molecule has 0 saturated carbocycles. The highest BCUT2D eigenvalue weighted by atomic mass is 127. The van der Waals surface area contributed by atoms with E-state index < -0.39 is 0 Å². The molecular weight excluding hydrogens is 573 g/mol. The van der Waals surface area contributed by atoms with Crippen LogP contribution in [-0.2, 0) is 11.8 Å². The molecule has 0 spiro atoms. The number of aryl methyl sites for hydroxylation is 4. The van der Waals surface area contributed by atoms with E-state index in [0.29, 0.717) is 0 Å². The van der Waals surface area contributed by atoms with Gasteiger partial charge < -0.3 is 0 Å². The van der Waals surface area contributed by atoms with Gasteiger partial charge in [0.2, 0.25) is 0 Å². The average Bonchev–Trinajstić information content (AvgIpc) is 2.93. The lowest BCUT2D eigenvalue weighted by Gasteiger charge is -2.34. The van der Waals surface area contributed by atoms with Crippen molar-refractivity contribution in [1.29, 1.82) is 0 Å². The Morgan fingerprint density at radius 1 is 0.816 bits per heavy atom. The third-order valence-corrected chi connectivity index (χ3v) is 9.35. The molecule has 0 N–H and O–H groups in total. The van der Waals surface area contributed by atoms with E-state index in [0.717, 1.165) is 21.7 Å². The first-order valence-corrected chi connectivity index (χ1v) is 15.0. The number of hydrogen-bond donors (Lipinski definition) is 0. The van der Waals surface area contributed by atoms with Crippen molar-refractivity contribution in [1.82, 2.24) is 0 Å². The lowest BCUT2D eigenvalue weighted by molar-refractivity contribution is 0.689. The Labute approximate surface area is 243 Å². The van der Waals surface area contributed by atoms with E-state index in [1.807, 2.05) is 0 Å². The van der Waals surface area contributed by atoms with E-state index in [4.69, 9.17) is 4.99 Å². The van der Waals surface area contributed by atoms with E-state index in [2.05, 4.69) is 155 Å². The second kappa shape index (κ2) is 12.4. The number of benzene rings is 4. The predicted octanol–water partition coefficient (Wildman–Crippen LogP) is 10.3. The minimum Gasteiger partial charge on any atom is -0.253 e.